The Morgan fingerprint density at radius 2 is 0.955 bits per heavy atom. The summed E-state index contributed by atoms with van der Waals surface area (Å²) in [6, 6.07) is 16.8. The number of hydrogen-bond acceptors (Lipinski definition) is 4. The number of hydrogen-bond donors (Lipinski definition) is 0. The number of thiazole rings is 2. The molecule has 0 atom stereocenters. The van der Waals surface area contributed by atoms with Gasteiger partial charge in [-0.25, -0.2) is 9.97 Å². The fourth-order valence-corrected chi connectivity index (χ4v) is 3.88. The Morgan fingerprint density at radius 1 is 0.545 bits per heavy atom. The van der Waals surface area contributed by atoms with E-state index in [9.17, 15) is 0 Å². The van der Waals surface area contributed by atoms with Crippen LogP contribution in [0.15, 0.2) is 71.7 Å². The quantitative estimate of drug-likeness (QED) is 0.491. The van der Waals surface area contributed by atoms with Crippen molar-refractivity contribution in [1.29, 1.82) is 0 Å². The SMILES string of the molecule is c1ccc(-c2ccccc2-c2nccs2)c(-c2nccs2)c1. The third-order valence-electron chi connectivity index (χ3n) is 3.47. The van der Waals surface area contributed by atoms with Gasteiger partial charge in [0.15, 0.2) is 0 Å². The van der Waals surface area contributed by atoms with Crippen molar-refractivity contribution in [2.24, 2.45) is 0 Å². The zero-order valence-corrected chi connectivity index (χ0v) is 13.3. The van der Waals surface area contributed by atoms with Crippen LogP contribution in [0.3, 0.4) is 0 Å². The molecule has 0 saturated heterocycles. The zero-order valence-electron chi connectivity index (χ0n) is 11.6. The second kappa shape index (κ2) is 5.83. The molecule has 106 valence electrons. The van der Waals surface area contributed by atoms with Crippen molar-refractivity contribution in [1.82, 2.24) is 9.97 Å². The predicted molar refractivity (Wildman–Crippen MR) is 94.1 cm³/mol. The molecule has 0 bridgehead atoms. The van der Waals surface area contributed by atoms with Gasteiger partial charge in [-0.05, 0) is 11.1 Å². The molecule has 0 radical (unpaired) electrons. The summed E-state index contributed by atoms with van der Waals surface area (Å²) in [5, 5.41) is 6.12. The molecule has 4 aromatic rings. The van der Waals surface area contributed by atoms with Gasteiger partial charge in [0.05, 0.1) is 0 Å². The molecule has 22 heavy (non-hydrogen) atoms. The third kappa shape index (κ3) is 2.36. The molecule has 0 amide bonds. The first-order chi connectivity index (χ1) is 10.9. The summed E-state index contributed by atoms with van der Waals surface area (Å²) in [6.45, 7) is 0. The van der Waals surface area contributed by atoms with Gasteiger partial charge in [0.2, 0.25) is 0 Å². The topological polar surface area (TPSA) is 25.8 Å². The average molecular weight is 320 g/mol. The van der Waals surface area contributed by atoms with Crippen LogP contribution in [0.2, 0.25) is 0 Å². The van der Waals surface area contributed by atoms with Crippen molar-refractivity contribution >= 4 is 22.7 Å². The second-order valence-electron chi connectivity index (χ2n) is 4.77. The molecule has 0 unspecified atom stereocenters. The van der Waals surface area contributed by atoms with E-state index >= 15 is 0 Å². The maximum atomic E-state index is 4.47. The number of aromatic nitrogens is 2. The Balaban J connectivity index is 1.95. The predicted octanol–water partition coefficient (Wildman–Crippen LogP) is 5.60. The van der Waals surface area contributed by atoms with E-state index < -0.39 is 0 Å². The highest BCUT2D eigenvalue weighted by molar-refractivity contribution is 7.13. The lowest BCUT2D eigenvalue weighted by Crippen LogP contribution is -1.88. The summed E-state index contributed by atoms with van der Waals surface area (Å²) in [6.07, 6.45) is 3.70. The Morgan fingerprint density at radius 3 is 1.32 bits per heavy atom. The molecule has 2 nitrogen and oxygen atoms in total. The van der Waals surface area contributed by atoms with E-state index in [0.717, 1.165) is 10.0 Å². The Labute approximate surface area is 136 Å². The molecular weight excluding hydrogens is 308 g/mol. The van der Waals surface area contributed by atoms with Crippen LogP contribution in [0, 0.1) is 0 Å². The molecular formula is C18H12N2S2. The summed E-state index contributed by atoms with van der Waals surface area (Å²) in [7, 11) is 0. The maximum absolute atomic E-state index is 4.47. The smallest absolute Gasteiger partial charge is 0.123 e. The first-order valence-electron chi connectivity index (χ1n) is 6.91. The molecule has 2 heterocycles. The minimum absolute atomic E-state index is 1.05. The monoisotopic (exact) mass is 320 g/mol. The molecule has 0 aliphatic carbocycles. The van der Waals surface area contributed by atoms with Crippen LogP contribution in [0.4, 0.5) is 0 Å². The Kier molecular flexibility index (Phi) is 3.54. The van der Waals surface area contributed by atoms with Crippen LogP contribution in [0.5, 0.6) is 0 Å². The van der Waals surface area contributed by atoms with Gasteiger partial charge < -0.3 is 0 Å². The Bertz CT molecular complexity index is 805. The van der Waals surface area contributed by atoms with Crippen LogP contribution in [-0.4, -0.2) is 9.97 Å². The van der Waals surface area contributed by atoms with Gasteiger partial charge >= 0.3 is 0 Å². The highest BCUT2D eigenvalue weighted by Gasteiger charge is 2.13. The van der Waals surface area contributed by atoms with Crippen molar-refractivity contribution in [2.75, 3.05) is 0 Å². The summed E-state index contributed by atoms with van der Waals surface area (Å²) in [5.41, 5.74) is 4.73. The van der Waals surface area contributed by atoms with Crippen molar-refractivity contribution in [3.8, 4) is 32.3 Å². The van der Waals surface area contributed by atoms with Crippen LogP contribution in [0.25, 0.3) is 32.3 Å². The highest BCUT2D eigenvalue weighted by Crippen LogP contribution is 2.38. The van der Waals surface area contributed by atoms with Crippen LogP contribution < -0.4 is 0 Å². The number of nitrogens with zero attached hydrogens (tertiary/aromatic N) is 2. The van der Waals surface area contributed by atoms with Crippen molar-refractivity contribution in [2.45, 2.75) is 0 Å². The highest BCUT2D eigenvalue weighted by atomic mass is 32.1. The van der Waals surface area contributed by atoms with E-state index in [1.165, 1.54) is 22.3 Å². The van der Waals surface area contributed by atoms with E-state index in [1.54, 1.807) is 22.7 Å². The van der Waals surface area contributed by atoms with Gasteiger partial charge in [-0.15, -0.1) is 22.7 Å². The molecule has 4 heteroatoms. The van der Waals surface area contributed by atoms with Crippen LogP contribution >= 0.6 is 22.7 Å². The Hall–Kier alpha value is -2.30. The molecule has 0 spiro atoms. The molecule has 0 aliphatic rings. The largest absolute Gasteiger partial charge is 0.245 e. The average Bonchev–Trinajstić information content (AvgIpc) is 3.28. The van der Waals surface area contributed by atoms with Crippen molar-refractivity contribution < 1.29 is 0 Å². The first kappa shape index (κ1) is 13.4. The van der Waals surface area contributed by atoms with E-state index in [-0.39, 0.29) is 0 Å². The van der Waals surface area contributed by atoms with Crippen LogP contribution in [-0.2, 0) is 0 Å². The van der Waals surface area contributed by atoms with E-state index in [4.69, 9.17) is 0 Å². The molecule has 0 aliphatic heterocycles. The summed E-state index contributed by atoms with van der Waals surface area (Å²) in [4.78, 5) is 8.94. The zero-order chi connectivity index (χ0) is 14.8. The van der Waals surface area contributed by atoms with E-state index in [0.29, 0.717) is 0 Å². The first-order valence-corrected chi connectivity index (χ1v) is 8.67. The minimum Gasteiger partial charge on any atom is -0.245 e. The molecule has 4 rings (SSSR count). The molecule has 2 aromatic heterocycles. The lowest BCUT2D eigenvalue weighted by molar-refractivity contribution is 1.40. The lowest BCUT2D eigenvalue weighted by Gasteiger charge is -2.11. The minimum atomic E-state index is 1.05. The van der Waals surface area contributed by atoms with Crippen molar-refractivity contribution in [3.63, 3.8) is 0 Å². The van der Waals surface area contributed by atoms with E-state index in [1.807, 2.05) is 23.2 Å². The number of rotatable bonds is 3. The van der Waals surface area contributed by atoms with Gasteiger partial charge in [-0.3, -0.25) is 0 Å². The number of benzene rings is 2. The fourth-order valence-electron chi connectivity index (χ4n) is 2.52. The van der Waals surface area contributed by atoms with Gasteiger partial charge in [0.1, 0.15) is 10.0 Å². The summed E-state index contributed by atoms with van der Waals surface area (Å²) < 4.78 is 0. The van der Waals surface area contributed by atoms with E-state index in [2.05, 4.69) is 58.5 Å². The summed E-state index contributed by atoms with van der Waals surface area (Å²) >= 11 is 3.33. The normalized spacial score (nSPS) is 10.7. The molecule has 2 aromatic carbocycles. The van der Waals surface area contributed by atoms with Gasteiger partial charge in [-0.1, -0.05) is 48.5 Å². The second-order valence-corrected chi connectivity index (χ2v) is 6.55. The third-order valence-corrected chi connectivity index (χ3v) is 5.08. The molecule has 0 saturated carbocycles. The van der Waals surface area contributed by atoms with Crippen LogP contribution in [0.1, 0.15) is 0 Å². The standard InChI is InChI=1S/C18H12N2S2/c1-3-7-15(17-19-9-11-21-17)13(5-1)14-6-2-4-8-16(14)18-20-10-12-22-18/h1-12H. The summed E-state index contributed by atoms with van der Waals surface area (Å²) in [5.74, 6) is 0. The molecule has 0 fully saturated rings. The van der Waals surface area contributed by atoms with Gasteiger partial charge in [-0.2, -0.15) is 0 Å². The van der Waals surface area contributed by atoms with Crippen molar-refractivity contribution in [3.05, 3.63) is 71.7 Å². The van der Waals surface area contributed by atoms with Gasteiger partial charge in [0.25, 0.3) is 0 Å². The fraction of sp³-hybridized carbons (Fsp3) is 0. The van der Waals surface area contributed by atoms with Gasteiger partial charge in [0, 0.05) is 34.3 Å². The maximum Gasteiger partial charge on any atom is 0.123 e. The lowest BCUT2D eigenvalue weighted by atomic mass is 9.96. The molecule has 0 N–H and O–H groups in total.